The monoisotopic (exact) mass is 317 g/mol. The SMILES string of the molecule is O=C(NN=Cc1ccc([N+](=O)[O-])o1)[C@H]1COc2ccccc2O1. The smallest absolute Gasteiger partial charge is 0.433 e. The summed E-state index contributed by atoms with van der Waals surface area (Å²) in [6.07, 6.45) is 0.315. The van der Waals surface area contributed by atoms with Gasteiger partial charge in [-0.3, -0.25) is 14.9 Å². The molecule has 0 unspecified atom stereocenters. The van der Waals surface area contributed by atoms with Crippen LogP contribution in [0.2, 0.25) is 0 Å². The molecule has 1 aliphatic rings. The van der Waals surface area contributed by atoms with Gasteiger partial charge in [-0.2, -0.15) is 5.10 Å². The second kappa shape index (κ2) is 6.18. The summed E-state index contributed by atoms with van der Waals surface area (Å²) in [6.45, 7) is 0.0601. The first-order valence-corrected chi connectivity index (χ1v) is 6.59. The number of ether oxygens (including phenoxy) is 2. The number of nitro groups is 1. The molecule has 1 aromatic heterocycles. The summed E-state index contributed by atoms with van der Waals surface area (Å²) in [4.78, 5) is 21.7. The third kappa shape index (κ3) is 3.28. The first-order chi connectivity index (χ1) is 11.1. The van der Waals surface area contributed by atoms with E-state index in [9.17, 15) is 14.9 Å². The van der Waals surface area contributed by atoms with Crippen LogP contribution in [-0.4, -0.2) is 29.8 Å². The molecule has 118 valence electrons. The van der Waals surface area contributed by atoms with E-state index in [1.807, 2.05) is 0 Å². The van der Waals surface area contributed by atoms with E-state index in [2.05, 4.69) is 10.5 Å². The Hall–Kier alpha value is -3.36. The van der Waals surface area contributed by atoms with E-state index in [0.717, 1.165) is 6.21 Å². The Morgan fingerprint density at radius 2 is 2.09 bits per heavy atom. The maximum Gasteiger partial charge on any atom is 0.433 e. The largest absolute Gasteiger partial charge is 0.485 e. The normalized spacial score (nSPS) is 16.3. The predicted octanol–water partition coefficient (Wildman–Crippen LogP) is 1.48. The molecule has 0 aliphatic carbocycles. The Morgan fingerprint density at radius 3 is 2.83 bits per heavy atom. The van der Waals surface area contributed by atoms with Gasteiger partial charge in [0.05, 0.1) is 12.3 Å². The molecule has 2 heterocycles. The van der Waals surface area contributed by atoms with Crippen molar-refractivity contribution < 1.29 is 23.6 Å². The lowest BCUT2D eigenvalue weighted by Gasteiger charge is -2.24. The van der Waals surface area contributed by atoms with Crippen LogP contribution in [0.4, 0.5) is 5.88 Å². The zero-order valence-corrected chi connectivity index (χ0v) is 11.7. The molecule has 23 heavy (non-hydrogen) atoms. The van der Waals surface area contributed by atoms with Crippen LogP contribution < -0.4 is 14.9 Å². The van der Waals surface area contributed by atoms with Crippen LogP contribution in [0.15, 0.2) is 45.9 Å². The summed E-state index contributed by atoms with van der Waals surface area (Å²) in [5.41, 5.74) is 2.27. The lowest BCUT2D eigenvalue weighted by molar-refractivity contribution is -0.402. The van der Waals surface area contributed by atoms with Crippen LogP contribution in [0.25, 0.3) is 0 Å². The quantitative estimate of drug-likeness (QED) is 0.518. The zero-order valence-electron chi connectivity index (χ0n) is 11.7. The highest BCUT2D eigenvalue weighted by molar-refractivity contribution is 5.84. The molecule has 0 fully saturated rings. The van der Waals surface area contributed by atoms with Gasteiger partial charge < -0.3 is 13.9 Å². The van der Waals surface area contributed by atoms with Gasteiger partial charge in [-0.05, 0) is 18.2 Å². The highest BCUT2D eigenvalue weighted by atomic mass is 16.6. The average molecular weight is 317 g/mol. The molecule has 0 spiro atoms. The molecule has 0 radical (unpaired) electrons. The maximum atomic E-state index is 11.9. The summed E-state index contributed by atoms with van der Waals surface area (Å²) in [7, 11) is 0. The lowest BCUT2D eigenvalue weighted by Crippen LogP contribution is -2.42. The topological polar surface area (TPSA) is 116 Å². The van der Waals surface area contributed by atoms with Gasteiger partial charge >= 0.3 is 5.88 Å². The number of carbonyl (C=O) groups is 1. The second-order valence-corrected chi connectivity index (χ2v) is 4.53. The Kier molecular flexibility index (Phi) is 3.91. The number of benzene rings is 1. The molecule has 2 aromatic rings. The van der Waals surface area contributed by atoms with Gasteiger partial charge in [0, 0.05) is 0 Å². The Labute approximate surface area is 129 Å². The number of carbonyl (C=O) groups excluding carboxylic acids is 1. The summed E-state index contributed by atoms with van der Waals surface area (Å²) in [5, 5.41) is 14.1. The molecule has 9 nitrogen and oxygen atoms in total. The molecule has 0 bridgehead atoms. The van der Waals surface area contributed by atoms with Crippen molar-refractivity contribution in [3.05, 3.63) is 52.3 Å². The number of furan rings is 1. The summed E-state index contributed by atoms with van der Waals surface area (Å²) >= 11 is 0. The number of rotatable bonds is 4. The van der Waals surface area contributed by atoms with Crippen molar-refractivity contribution in [2.24, 2.45) is 5.10 Å². The fourth-order valence-electron chi connectivity index (χ4n) is 1.89. The Bertz CT molecular complexity index is 769. The van der Waals surface area contributed by atoms with Crippen LogP contribution >= 0.6 is 0 Å². The fourth-order valence-corrected chi connectivity index (χ4v) is 1.89. The highest BCUT2D eigenvalue weighted by Gasteiger charge is 2.27. The van der Waals surface area contributed by atoms with Crippen molar-refractivity contribution in [3.8, 4) is 11.5 Å². The molecule has 1 aliphatic heterocycles. The van der Waals surface area contributed by atoms with Gasteiger partial charge in [-0.15, -0.1) is 0 Å². The van der Waals surface area contributed by atoms with E-state index in [1.165, 1.54) is 12.1 Å². The van der Waals surface area contributed by atoms with Gasteiger partial charge in [-0.1, -0.05) is 12.1 Å². The van der Waals surface area contributed by atoms with E-state index in [4.69, 9.17) is 13.9 Å². The third-order valence-corrected chi connectivity index (χ3v) is 2.96. The van der Waals surface area contributed by atoms with E-state index < -0.39 is 22.8 Å². The van der Waals surface area contributed by atoms with Crippen molar-refractivity contribution in [2.75, 3.05) is 6.61 Å². The van der Waals surface area contributed by atoms with Gasteiger partial charge in [0.25, 0.3) is 5.91 Å². The van der Waals surface area contributed by atoms with Crippen LogP contribution in [-0.2, 0) is 4.79 Å². The standard InChI is InChI=1S/C14H11N3O6/c18-14(12-8-21-10-3-1-2-4-11(10)23-12)16-15-7-9-5-6-13(22-9)17(19)20/h1-7,12H,8H2,(H,16,18)/t12-/m1/s1. The molecule has 1 atom stereocenters. The highest BCUT2D eigenvalue weighted by Crippen LogP contribution is 2.30. The summed E-state index contributed by atoms with van der Waals surface area (Å²) in [5.74, 6) is 0.283. The summed E-state index contributed by atoms with van der Waals surface area (Å²) in [6, 6.07) is 9.56. The van der Waals surface area contributed by atoms with Crippen molar-refractivity contribution in [2.45, 2.75) is 6.10 Å². The first-order valence-electron chi connectivity index (χ1n) is 6.59. The minimum atomic E-state index is -0.840. The van der Waals surface area contributed by atoms with E-state index in [-0.39, 0.29) is 12.4 Å². The molecular formula is C14H11N3O6. The van der Waals surface area contributed by atoms with E-state index in [0.29, 0.717) is 11.5 Å². The average Bonchev–Trinajstić information content (AvgIpc) is 3.03. The predicted molar refractivity (Wildman–Crippen MR) is 77.5 cm³/mol. The van der Waals surface area contributed by atoms with Gasteiger partial charge in [0.2, 0.25) is 6.10 Å². The Balaban J connectivity index is 1.57. The van der Waals surface area contributed by atoms with E-state index >= 15 is 0 Å². The number of nitrogens with zero attached hydrogens (tertiary/aromatic N) is 2. The van der Waals surface area contributed by atoms with Crippen LogP contribution in [0, 0.1) is 10.1 Å². The molecular weight excluding hydrogens is 306 g/mol. The fraction of sp³-hybridized carbons (Fsp3) is 0.143. The first kappa shape index (κ1) is 14.6. The number of para-hydroxylation sites is 2. The molecule has 9 heteroatoms. The van der Waals surface area contributed by atoms with Crippen molar-refractivity contribution in [1.29, 1.82) is 0 Å². The maximum absolute atomic E-state index is 11.9. The van der Waals surface area contributed by atoms with Crippen molar-refractivity contribution >= 4 is 18.0 Å². The number of hydrazone groups is 1. The van der Waals surface area contributed by atoms with Crippen LogP contribution in [0.1, 0.15) is 5.76 Å². The molecule has 1 N–H and O–H groups in total. The minimum Gasteiger partial charge on any atom is -0.485 e. The van der Waals surface area contributed by atoms with Gasteiger partial charge in [-0.25, -0.2) is 5.43 Å². The number of hydrogen-bond donors (Lipinski definition) is 1. The lowest BCUT2D eigenvalue weighted by atomic mass is 10.2. The second-order valence-electron chi connectivity index (χ2n) is 4.53. The third-order valence-electron chi connectivity index (χ3n) is 2.96. The van der Waals surface area contributed by atoms with Crippen molar-refractivity contribution in [1.82, 2.24) is 5.43 Å². The van der Waals surface area contributed by atoms with Gasteiger partial charge in [0.1, 0.15) is 11.5 Å². The zero-order chi connectivity index (χ0) is 16.2. The molecule has 0 saturated heterocycles. The minimum absolute atomic E-state index is 0.0601. The molecule has 0 saturated carbocycles. The van der Waals surface area contributed by atoms with Crippen LogP contribution in [0.3, 0.4) is 0 Å². The van der Waals surface area contributed by atoms with E-state index in [1.54, 1.807) is 24.3 Å². The number of nitrogens with one attached hydrogen (secondary N) is 1. The molecule has 3 rings (SSSR count). The summed E-state index contributed by atoms with van der Waals surface area (Å²) < 4.78 is 15.8. The molecule has 1 amide bonds. The number of fused-ring (bicyclic) bond motifs is 1. The Morgan fingerprint density at radius 1 is 1.30 bits per heavy atom. The van der Waals surface area contributed by atoms with Gasteiger partial charge in [0.15, 0.2) is 17.3 Å². The number of amides is 1. The van der Waals surface area contributed by atoms with Crippen LogP contribution in [0.5, 0.6) is 11.5 Å². The molecule has 1 aromatic carbocycles. The van der Waals surface area contributed by atoms with Crippen molar-refractivity contribution in [3.63, 3.8) is 0 Å². The number of hydrogen-bond acceptors (Lipinski definition) is 7.